The van der Waals surface area contributed by atoms with Crippen LogP contribution in [0.4, 0.5) is 27.6 Å². The zero-order chi connectivity index (χ0) is 15.6. The molecule has 1 unspecified atom stereocenters. The van der Waals surface area contributed by atoms with Gasteiger partial charge in [-0.15, -0.1) is 0 Å². The lowest BCUT2D eigenvalue weighted by Crippen LogP contribution is -2.28. The van der Waals surface area contributed by atoms with E-state index >= 15 is 0 Å². The second kappa shape index (κ2) is 5.89. The fraction of sp³-hybridized carbons (Fsp3) is 0.143. The van der Waals surface area contributed by atoms with Crippen LogP contribution < -0.4 is 5.32 Å². The Morgan fingerprint density at radius 1 is 1.00 bits per heavy atom. The fourth-order valence-corrected chi connectivity index (χ4v) is 2.07. The van der Waals surface area contributed by atoms with Gasteiger partial charge in [-0.25, -0.2) is 8.78 Å². The summed E-state index contributed by atoms with van der Waals surface area (Å²) in [5, 5.41) is 1.54. The van der Waals surface area contributed by atoms with Crippen molar-refractivity contribution in [3.63, 3.8) is 0 Å². The summed E-state index contributed by atoms with van der Waals surface area (Å²) in [7, 11) is 0. The summed E-state index contributed by atoms with van der Waals surface area (Å²) in [6, 6.07) is 5.97. The monoisotopic (exact) mass is 321 g/mol. The number of benzene rings is 2. The van der Waals surface area contributed by atoms with Crippen molar-refractivity contribution in [2.45, 2.75) is 12.2 Å². The van der Waals surface area contributed by atoms with Gasteiger partial charge in [0.2, 0.25) is 0 Å². The predicted molar refractivity (Wildman–Crippen MR) is 70.2 cm³/mol. The summed E-state index contributed by atoms with van der Waals surface area (Å²) in [5.74, 6) is -2.16. The second-order valence-electron chi connectivity index (χ2n) is 4.27. The molecule has 0 heterocycles. The van der Waals surface area contributed by atoms with Crippen LogP contribution in [0.25, 0.3) is 0 Å². The Kier molecular flexibility index (Phi) is 4.37. The van der Waals surface area contributed by atoms with Crippen LogP contribution in [0.1, 0.15) is 11.6 Å². The van der Waals surface area contributed by atoms with Gasteiger partial charge in [-0.05, 0) is 11.6 Å². The highest BCUT2D eigenvalue weighted by molar-refractivity contribution is 6.33. The minimum absolute atomic E-state index is 0.107. The van der Waals surface area contributed by atoms with Crippen molar-refractivity contribution in [3.05, 3.63) is 64.7 Å². The zero-order valence-electron chi connectivity index (χ0n) is 10.4. The molecule has 0 spiro atoms. The molecule has 0 bridgehead atoms. The highest BCUT2D eigenvalue weighted by Crippen LogP contribution is 2.38. The minimum atomic E-state index is -4.68. The summed E-state index contributed by atoms with van der Waals surface area (Å²) < 4.78 is 65.9. The summed E-state index contributed by atoms with van der Waals surface area (Å²) in [6.45, 7) is 0. The van der Waals surface area contributed by atoms with Gasteiger partial charge in [-0.3, -0.25) is 0 Å². The van der Waals surface area contributed by atoms with Gasteiger partial charge in [0.1, 0.15) is 11.9 Å². The quantitative estimate of drug-likeness (QED) is 0.753. The average Bonchev–Trinajstić information content (AvgIpc) is 2.37. The third-order valence-corrected chi connectivity index (χ3v) is 3.05. The average molecular weight is 322 g/mol. The molecule has 2 rings (SSSR count). The maximum atomic E-state index is 13.6. The third-order valence-electron chi connectivity index (χ3n) is 2.76. The molecule has 0 radical (unpaired) electrons. The molecular weight excluding hydrogens is 313 g/mol. The number of alkyl halides is 3. The van der Waals surface area contributed by atoms with Gasteiger partial charge < -0.3 is 5.32 Å². The van der Waals surface area contributed by atoms with Crippen molar-refractivity contribution in [1.29, 1.82) is 0 Å². The second-order valence-corrected chi connectivity index (χ2v) is 4.68. The van der Waals surface area contributed by atoms with E-state index in [4.69, 9.17) is 11.6 Å². The van der Waals surface area contributed by atoms with Crippen LogP contribution in [0.15, 0.2) is 42.5 Å². The number of hydrogen-bond acceptors (Lipinski definition) is 1. The Labute approximate surface area is 122 Å². The number of halogens is 6. The van der Waals surface area contributed by atoms with Gasteiger partial charge in [0, 0.05) is 6.07 Å². The smallest absolute Gasteiger partial charge is 0.367 e. The molecule has 0 fully saturated rings. The van der Waals surface area contributed by atoms with E-state index in [1.807, 2.05) is 5.32 Å². The fourth-order valence-electron chi connectivity index (χ4n) is 1.82. The molecular formula is C14H9ClF5N. The topological polar surface area (TPSA) is 12.0 Å². The molecule has 0 saturated heterocycles. The zero-order valence-corrected chi connectivity index (χ0v) is 11.1. The first-order valence-corrected chi connectivity index (χ1v) is 6.19. The Hall–Kier alpha value is -1.82. The van der Waals surface area contributed by atoms with Crippen LogP contribution >= 0.6 is 11.6 Å². The molecule has 0 aliphatic rings. The summed E-state index contributed by atoms with van der Waals surface area (Å²) in [5.41, 5.74) is -0.700. The lowest BCUT2D eigenvalue weighted by Gasteiger charge is -2.24. The Morgan fingerprint density at radius 3 is 2.14 bits per heavy atom. The van der Waals surface area contributed by atoms with Gasteiger partial charge in [0.15, 0.2) is 5.82 Å². The van der Waals surface area contributed by atoms with E-state index < -0.39 is 34.6 Å². The Morgan fingerprint density at radius 2 is 1.62 bits per heavy atom. The molecule has 0 amide bonds. The van der Waals surface area contributed by atoms with Crippen LogP contribution in [0, 0.1) is 11.6 Å². The maximum Gasteiger partial charge on any atom is 0.412 e. The van der Waals surface area contributed by atoms with Crippen LogP contribution in [0.2, 0.25) is 5.02 Å². The van der Waals surface area contributed by atoms with E-state index in [9.17, 15) is 22.0 Å². The van der Waals surface area contributed by atoms with Gasteiger partial charge in [0.05, 0.1) is 10.7 Å². The van der Waals surface area contributed by atoms with Crippen molar-refractivity contribution >= 4 is 17.3 Å². The number of rotatable bonds is 3. The number of anilines is 1. The standard InChI is InChI=1S/C14H9ClF5N/c15-10-6-9(16)7-11(17)12(10)21-13(14(18,19)20)8-4-2-1-3-5-8/h1-7,13,21H. The Bertz CT molecular complexity index is 604. The lowest BCUT2D eigenvalue weighted by atomic mass is 10.1. The molecule has 1 N–H and O–H groups in total. The van der Waals surface area contributed by atoms with Crippen molar-refractivity contribution in [2.24, 2.45) is 0 Å². The summed E-state index contributed by atoms with van der Waals surface area (Å²) >= 11 is 5.61. The van der Waals surface area contributed by atoms with E-state index in [0.29, 0.717) is 6.07 Å². The van der Waals surface area contributed by atoms with Crippen molar-refractivity contribution in [2.75, 3.05) is 5.32 Å². The van der Waals surface area contributed by atoms with Crippen LogP contribution in [0.5, 0.6) is 0 Å². The lowest BCUT2D eigenvalue weighted by molar-refractivity contribution is -0.144. The van der Waals surface area contributed by atoms with Gasteiger partial charge in [-0.1, -0.05) is 41.9 Å². The van der Waals surface area contributed by atoms with Crippen molar-refractivity contribution in [3.8, 4) is 0 Å². The van der Waals surface area contributed by atoms with E-state index in [-0.39, 0.29) is 5.56 Å². The third kappa shape index (κ3) is 3.64. The van der Waals surface area contributed by atoms with Crippen molar-refractivity contribution < 1.29 is 22.0 Å². The molecule has 1 atom stereocenters. The first kappa shape index (κ1) is 15.6. The molecule has 2 aromatic rings. The maximum absolute atomic E-state index is 13.6. The molecule has 0 aliphatic carbocycles. The van der Waals surface area contributed by atoms with E-state index in [2.05, 4.69) is 0 Å². The first-order chi connectivity index (χ1) is 9.79. The largest absolute Gasteiger partial charge is 0.412 e. The van der Waals surface area contributed by atoms with Crippen LogP contribution in [0.3, 0.4) is 0 Å². The Balaban J connectivity index is 2.42. The van der Waals surface area contributed by atoms with Gasteiger partial charge in [-0.2, -0.15) is 13.2 Å². The summed E-state index contributed by atoms with van der Waals surface area (Å²) in [6.07, 6.45) is -4.68. The van der Waals surface area contributed by atoms with E-state index in [1.165, 1.54) is 24.3 Å². The highest BCUT2D eigenvalue weighted by Gasteiger charge is 2.41. The molecule has 0 saturated carbocycles. The van der Waals surface area contributed by atoms with Crippen LogP contribution in [-0.2, 0) is 0 Å². The van der Waals surface area contributed by atoms with Gasteiger partial charge in [0.25, 0.3) is 0 Å². The summed E-state index contributed by atoms with van der Waals surface area (Å²) in [4.78, 5) is 0. The number of nitrogens with one attached hydrogen (secondary N) is 1. The molecule has 0 aromatic heterocycles. The van der Waals surface area contributed by atoms with E-state index in [0.717, 1.165) is 6.07 Å². The highest BCUT2D eigenvalue weighted by atomic mass is 35.5. The van der Waals surface area contributed by atoms with Crippen molar-refractivity contribution in [1.82, 2.24) is 0 Å². The molecule has 7 heteroatoms. The molecule has 21 heavy (non-hydrogen) atoms. The van der Waals surface area contributed by atoms with Crippen LogP contribution in [-0.4, -0.2) is 6.18 Å². The number of hydrogen-bond donors (Lipinski definition) is 1. The molecule has 112 valence electrons. The molecule has 1 nitrogen and oxygen atoms in total. The first-order valence-electron chi connectivity index (χ1n) is 5.82. The van der Waals surface area contributed by atoms with Gasteiger partial charge >= 0.3 is 6.18 Å². The minimum Gasteiger partial charge on any atom is -0.367 e. The molecule has 0 aliphatic heterocycles. The SMILES string of the molecule is Fc1cc(F)c(NC(c2ccccc2)C(F)(F)F)c(Cl)c1. The predicted octanol–water partition coefficient (Wildman–Crippen LogP) is 5.33. The normalized spacial score (nSPS) is 13.0. The molecule has 2 aromatic carbocycles. The van der Waals surface area contributed by atoms with E-state index in [1.54, 1.807) is 6.07 Å².